The molecule has 6 heteroatoms. The predicted molar refractivity (Wildman–Crippen MR) is 130 cm³/mol. The summed E-state index contributed by atoms with van der Waals surface area (Å²) in [7, 11) is 0. The molecule has 1 saturated heterocycles. The molecular weight excluding hydrogens is 404 g/mol. The maximum Gasteiger partial charge on any atom is 0.222 e. The van der Waals surface area contributed by atoms with Crippen molar-refractivity contribution >= 4 is 33.3 Å². The lowest BCUT2D eigenvalue weighted by molar-refractivity contribution is -0.131. The molecule has 0 N–H and O–H groups in total. The lowest BCUT2D eigenvalue weighted by Gasteiger charge is -2.36. The topological polar surface area (TPSA) is 49.3 Å². The molecule has 0 aromatic carbocycles. The molecular formula is C25H38N4OS. The number of fused-ring (bicyclic) bond motifs is 3. The number of aryl methyl sites for hydroxylation is 1. The van der Waals surface area contributed by atoms with Crippen LogP contribution in [0.15, 0.2) is 0 Å². The zero-order valence-corrected chi connectivity index (χ0v) is 20.6. The zero-order valence-electron chi connectivity index (χ0n) is 19.7. The maximum atomic E-state index is 12.6. The van der Waals surface area contributed by atoms with Crippen molar-refractivity contribution in [2.24, 2.45) is 5.92 Å². The molecule has 1 atom stereocenters. The monoisotopic (exact) mass is 442 g/mol. The molecule has 5 nitrogen and oxygen atoms in total. The molecule has 0 bridgehead atoms. The summed E-state index contributed by atoms with van der Waals surface area (Å²) in [6.45, 7) is 12.3. The normalized spacial score (nSPS) is 19.3. The molecule has 2 aliphatic rings. The van der Waals surface area contributed by atoms with Gasteiger partial charge < -0.3 is 9.80 Å². The van der Waals surface area contributed by atoms with Crippen LogP contribution < -0.4 is 4.90 Å². The van der Waals surface area contributed by atoms with E-state index in [1.54, 1.807) is 0 Å². The summed E-state index contributed by atoms with van der Waals surface area (Å²) >= 11 is 1.89. The second-order valence-electron chi connectivity index (χ2n) is 9.77. The molecule has 2 aromatic rings. The number of rotatable bonds is 7. The van der Waals surface area contributed by atoms with Gasteiger partial charge in [-0.05, 0) is 37.2 Å². The van der Waals surface area contributed by atoms with E-state index in [2.05, 4.69) is 37.5 Å². The maximum absolute atomic E-state index is 12.6. The van der Waals surface area contributed by atoms with Gasteiger partial charge in [0, 0.05) is 43.4 Å². The van der Waals surface area contributed by atoms with Crippen LogP contribution in [0.1, 0.15) is 88.4 Å². The van der Waals surface area contributed by atoms with Crippen molar-refractivity contribution in [1.82, 2.24) is 14.9 Å². The van der Waals surface area contributed by atoms with Gasteiger partial charge in [0.15, 0.2) is 0 Å². The highest BCUT2D eigenvalue weighted by molar-refractivity contribution is 7.19. The highest BCUT2D eigenvalue weighted by Gasteiger charge is 2.28. The van der Waals surface area contributed by atoms with Crippen LogP contribution in [0.4, 0.5) is 5.82 Å². The Kier molecular flexibility index (Phi) is 7.15. The fourth-order valence-electron chi connectivity index (χ4n) is 4.85. The largest absolute Gasteiger partial charge is 0.352 e. The molecule has 0 unspecified atom stereocenters. The van der Waals surface area contributed by atoms with Gasteiger partial charge in [-0.3, -0.25) is 4.79 Å². The van der Waals surface area contributed by atoms with Crippen LogP contribution >= 0.6 is 11.3 Å². The second-order valence-corrected chi connectivity index (χ2v) is 10.9. The van der Waals surface area contributed by atoms with Crippen LogP contribution in [0.5, 0.6) is 0 Å². The SMILES string of the molecule is CCCCCCC(=O)N1CCN(c2nc(C(C)C)nc3sc4c(c23)CC[C@H](C)C4)CC1. The molecule has 1 aliphatic carbocycles. The second kappa shape index (κ2) is 9.85. The standard InChI is InChI=1S/C25H38N4OS/c1-5-6-7-8-9-21(30)28-12-14-29(15-13-28)24-22-19-11-10-18(4)16-20(19)31-25(22)27-23(26-24)17(2)3/h17-18H,5-16H2,1-4H3/t18-/m0/s1. The average molecular weight is 443 g/mol. The van der Waals surface area contributed by atoms with E-state index < -0.39 is 0 Å². The third-order valence-corrected chi connectivity index (χ3v) is 7.99. The summed E-state index contributed by atoms with van der Waals surface area (Å²) in [6, 6.07) is 0. The van der Waals surface area contributed by atoms with Crippen LogP contribution in [0.2, 0.25) is 0 Å². The molecule has 0 spiro atoms. The number of hydrogen-bond donors (Lipinski definition) is 0. The van der Waals surface area contributed by atoms with Crippen molar-refractivity contribution < 1.29 is 4.79 Å². The summed E-state index contributed by atoms with van der Waals surface area (Å²) in [4.78, 5) is 29.8. The van der Waals surface area contributed by atoms with Crippen molar-refractivity contribution in [3.63, 3.8) is 0 Å². The van der Waals surface area contributed by atoms with Crippen LogP contribution in [-0.2, 0) is 17.6 Å². The molecule has 1 fully saturated rings. The molecule has 31 heavy (non-hydrogen) atoms. The number of carbonyl (C=O) groups excluding carboxylic acids is 1. The number of amides is 1. The van der Waals surface area contributed by atoms with Crippen molar-refractivity contribution in [3.8, 4) is 0 Å². The van der Waals surface area contributed by atoms with Gasteiger partial charge in [-0.2, -0.15) is 0 Å². The Hall–Kier alpha value is -1.69. The minimum atomic E-state index is 0.312. The molecule has 2 aromatic heterocycles. The number of aromatic nitrogens is 2. The van der Waals surface area contributed by atoms with E-state index >= 15 is 0 Å². The van der Waals surface area contributed by atoms with Gasteiger partial charge >= 0.3 is 0 Å². The first-order valence-electron chi connectivity index (χ1n) is 12.3. The average Bonchev–Trinajstić information content (AvgIpc) is 3.13. The van der Waals surface area contributed by atoms with Crippen LogP contribution in [0.25, 0.3) is 10.2 Å². The van der Waals surface area contributed by atoms with Crippen molar-refractivity contribution in [2.75, 3.05) is 31.1 Å². The first kappa shape index (κ1) is 22.5. The van der Waals surface area contributed by atoms with Crippen molar-refractivity contribution in [1.29, 1.82) is 0 Å². The first-order chi connectivity index (χ1) is 15.0. The number of unbranched alkanes of at least 4 members (excludes halogenated alkanes) is 3. The van der Waals surface area contributed by atoms with Gasteiger partial charge in [0.1, 0.15) is 16.5 Å². The van der Waals surface area contributed by atoms with E-state index in [1.165, 1.54) is 52.8 Å². The molecule has 3 heterocycles. The summed E-state index contributed by atoms with van der Waals surface area (Å²) < 4.78 is 0. The van der Waals surface area contributed by atoms with Crippen molar-refractivity contribution in [3.05, 3.63) is 16.3 Å². The highest BCUT2D eigenvalue weighted by Crippen LogP contribution is 2.41. The first-order valence-corrected chi connectivity index (χ1v) is 13.1. The van der Waals surface area contributed by atoms with E-state index in [9.17, 15) is 4.79 Å². The van der Waals surface area contributed by atoms with Crippen LogP contribution in [-0.4, -0.2) is 47.0 Å². The lowest BCUT2D eigenvalue weighted by Crippen LogP contribution is -2.49. The van der Waals surface area contributed by atoms with Gasteiger partial charge in [0.05, 0.1) is 5.39 Å². The smallest absolute Gasteiger partial charge is 0.222 e. The lowest BCUT2D eigenvalue weighted by atomic mass is 9.89. The number of carbonyl (C=O) groups is 1. The van der Waals surface area contributed by atoms with E-state index in [-0.39, 0.29) is 0 Å². The molecule has 0 saturated carbocycles. The summed E-state index contributed by atoms with van der Waals surface area (Å²) in [5.74, 6) is 3.47. The fourth-order valence-corrected chi connectivity index (χ4v) is 6.24. The number of hydrogen-bond acceptors (Lipinski definition) is 5. The summed E-state index contributed by atoms with van der Waals surface area (Å²) in [5.41, 5.74) is 1.50. The Labute approximate surface area is 191 Å². The number of thiophene rings is 1. The van der Waals surface area contributed by atoms with Gasteiger partial charge in [0.25, 0.3) is 0 Å². The fraction of sp³-hybridized carbons (Fsp3) is 0.720. The number of nitrogens with zero attached hydrogens (tertiary/aromatic N) is 4. The van der Waals surface area contributed by atoms with E-state index in [0.29, 0.717) is 18.2 Å². The third-order valence-electron chi connectivity index (χ3n) is 6.85. The molecule has 1 amide bonds. The van der Waals surface area contributed by atoms with Gasteiger partial charge in [0.2, 0.25) is 5.91 Å². The van der Waals surface area contributed by atoms with E-state index in [0.717, 1.165) is 56.6 Å². The Bertz CT molecular complexity index is 914. The van der Waals surface area contributed by atoms with E-state index in [1.807, 2.05) is 11.3 Å². The molecule has 170 valence electrons. The minimum Gasteiger partial charge on any atom is -0.352 e. The Morgan fingerprint density at radius 1 is 1.13 bits per heavy atom. The van der Waals surface area contributed by atoms with Gasteiger partial charge in [-0.25, -0.2) is 9.97 Å². The Morgan fingerprint density at radius 3 is 2.61 bits per heavy atom. The van der Waals surface area contributed by atoms with Gasteiger partial charge in [-0.1, -0.05) is 47.0 Å². The summed E-state index contributed by atoms with van der Waals surface area (Å²) in [5, 5.41) is 1.30. The van der Waals surface area contributed by atoms with Gasteiger partial charge in [-0.15, -0.1) is 11.3 Å². The zero-order chi connectivity index (χ0) is 22.0. The van der Waals surface area contributed by atoms with Crippen molar-refractivity contribution in [2.45, 2.75) is 85.0 Å². The Morgan fingerprint density at radius 2 is 1.90 bits per heavy atom. The van der Waals surface area contributed by atoms with Crippen LogP contribution in [0.3, 0.4) is 0 Å². The molecule has 4 rings (SSSR count). The van der Waals surface area contributed by atoms with Crippen LogP contribution in [0, 0.1) is 5.92 Å². The highest BCUT2D eigenvalue weighted by atomic mass is 32.1. The third kappa shape index (κ3) is 4.89. The number of anilines is 1. The van der Waals surface area contributed by atoms with E-state index in [4.69, 9.17) is 9.97 Å². The quantitative estimate of drug-likeness (QED) is 0.527. The Balaban J connectivity index is 1.53. The predicted octanol–water partition coefficient (Wildman–Crippen LogP) is 5.56. The summed E-state index contributed by atoms with van der Waals surface area (Å²) in [6.07, 6.45) is 8.90. The molecule has 1 aliphatic heterocycles. The number of piperazine rings is 1. The molecule has 0 radical (unpaired) electrons. The minimum absolute atomic E-state index is 0.312.